The van der Waals surface area contributed by atoms with E-state index < -0.39 is 30.1 Å². The minimum Gasteiger partial charge on any atom is -0.488 e. The zero-order valence-electron chi connectivity index (χ0n) is 16.6. The number of thiol groups is 1. The summed E-state index contributed by atoms with van der Waals surface area (Å²) in [5.41, 5.74) is 6.20. The number of aryl methyl sites for hydroxylation is 1. The number of rotatable bonds is 9. The molecule has 2 atom stereocenters. The third-order valence-electron chi connectivity index (χ3n) is 4.63. The fourth-order valence-corrected chi connectivity index (χ4v) is 5.35. The summed E-state index contributed by atoms with van der Waals surface area (Å²) in [7, 11) is -5.55. The van der Waals surface area contributed by atoms with Gasteiger partial charge in [-0.3, -0.25) is 4.57 Å². The van der Waals surface area contributed by atoms with Gasteiger partial charge in [-0.15, -0.1) is 0 Å². The van der Waals surface area contributed by atoms with Crippen LogP contribution >= 0.6 is 30.1 Å². The maximum atomic E-state index is 13.3. The molecule has 0 aromatic heterocycles. The van der Waals surface area contributed by atoms with Crippen molar-refractivity contribution in [1.82, 2.24) is 0 Å². The SMILES string of the molecule is NC(/C=C(\F)P(=O)(O)O)CCc1ccc([SH]2C=CC(OCc3ccccc3)=C2)cc1Cl. The van der Waals surface area contributed by atoms with Gasteiger partial charge in [0.2, 0.25) is 5.57 Å². The van der Waals surface area contributed by atoms with Crippen LogP contribution in [0.3, 0.4) is 0 Å². The first-order valence-electron chi connectivity index (χ1n) is 9.55. The van der Waals surface area contributed by atoms with Crippen molar-refractivity contribution in [1.29, 1.82) is 0 Å². The van der Waals surface area contributed by atoms with Crippen LogP contribution in [0.15, 0.2) is 87.7 Å². The Morgan fingerprint density at radius 2 is 2.00 bits per heavy atom. The number of allylic oxidation sites excluding steroid dienone is 1. The second-order valence-electron chi connectivity index (χ2n) is 7.04. The molecule has 31 heavy (non-hydrogen) atoms. The Morgan fingerprint density at radius 1 is 1.26 bits per heavy atom. The Labute approximate surface area is 188 Å². The van der Waals surface area contributed by atoms with E-state index in [1.807, 2.05) is 54.6 Å². The molecule has 0 saturated carbocycles. The fraction of sp³-hybridized carbons (Fsp3) is 0.182. The predicted molar refractivity (Wildman–Crippen MR) is 125 cm³/mol. The lowest BCUT2D eigenvalue weighted by atomic mass is 10.1. The van der Waals surface area contributed by atoms with Crippen LogP contribution in [0.4, 0.5) is 4.39 Å². The van der Waals surface area contributed by atoms with Crippen LogP contribution in [0, 0.1) is 0 Å². The molecule has 0 radical (unpaired) electrons. The second-order valence-corrected chi connectivity index (χ2v) is 10.9. The molecule has 3 rings (SSSR count). The van der Waals surface area contributed by atoms with E-state index in [1.54, 1.807) is 0 Å². The maximum Gasteiger partial charge on any atom is 0.384 e. The number of benzene rings is 2. The smallest absolute Gasteiger partial charge is 0.384 e. The topological polar surface area (TPSA) is 92.8 Å². The Morgan fingerprint density at radius 3 is 2.68 bits per heavy atom. The summed E-state index contributed by atoms with van der Waals surface area (Å²) in [6.07, 6.45) is 3.49. The van der Waals surface area contributed by atoms with E-state index in [1.165, 1.54) is 0 Å². The molecular weight excluding hydrogens is 460 g/mol. The molecule has 2 aromatic carbocycles. The van der Waals surface area contributed by atoms with Crippen LogP contribution in [0.5, 0.6) is 0 Å². The van der Waals surface area contributed by atoms with Gasteiger partial charge in [-0.05, 0) is 58.6 Å². The van der Waals surface area contributed by atoms with Gasteiger partial charge in [0.15, 0.2) is 0 Å². The molecule has 9 heteroatoms. The zero-order valence-corrected chi connectivity index (χ0v) is 19.1. The normalized spacial score (nSPS) is 18.7. The van der Waals surface area contributed by atoms with Gasteiger partial charge in [0, 0.05) is 16.5 Å². The molecule has 166 valence electrons. The van der Waals surface area contributed by atoms with Crippen LogP contribution in [0.2, 0.25) is 5.02 Å². The average molecular weight is 484 g/mol. The Hall–Kier alpha value is -1.86. The summed E-state index contributed by atoms with van der Waals surface area (Å²) in [6.45, 7) is 0.511. The average Bonchev–Trinajstić information content (AvgIpc) is 3.20. The molecule has 1 aliphatic rings. The number of nitrogens with two attached hydrogens (primary N) is 1. The summed E-state index contributed by atoms with van der Waals surface area (Å²) in [6, 6.07) is 14.9. The molecule has 1 heterocycles. The third-order valence-corrected chi connectivity index (χ3v) is 7.56. The van der Waals surface area contributed by atoms with E-state index in [0.717, 1.165) is 27.9 Å². The molecule has 2 unspecified atom stereocenters. The van der Waals surface area contributed by atoms with Gasteiger partial charge in [-0.25, -0.2) is 0 Å². The van der Waals surface area contributed by atoms with Crippen LogP contribution in [-0.2, 0) is 22.3 Å². The number of hydrogen-bond donors (Lipinski definition) is 4. The summed E-state index contributed by atoms with van der Waals surface area (Å²) in [4.78, 5) is 18.6. The van der Waals surface area contributed by atoms with Crippen molar-refractivity contribution >= 4 is 30.1 Å². The van der Waals surface area contributed by atoms with Crippen LogP contribution in [0.1, 0.15) is 17.5 Å². The van der Waals surface area contributed by atoms with E-state index in [-0.39, 0.29) is 0 Å². The molecule has 0 fully saturated rings. The monoisotopic (exact) mass is 483 g/mol. The highest BCUT2D eigenvalue weighted by Crippen LogP contribution is 2.46. The minimum atomic E-state index is -4.89. The summed E-state index contributed by atoms with van der Waals surface area (Å²) in [5.74, 6) is 0.833. The highest BCUT2D eigenvalue weighted by Gasteiger charge is 2.21. The van der Waals surface area contributed by atoms with Crippen molar-refractivity contribution in [3.05, 3.63) is 99.0 Å². The van der Waals surface area contributed by atoms with Gasteiger partial charge in [0.25, 0.3) is 0 Å². The second kappa shape index (κ2) is 10.6. The highest BCUT2D eigenvalue weighted by molar-refractivity contribution is 8.22. The molecule has 0 spiro atoms. The van der Waals surface area contributed by atoms with Crippen LogP contribution < -0.4 is 5.73 Å². The van der Waals surface area contributed by atoms with Gasteiger partial charge < -0.3 is 20.3 Å². The molecule has 0 bridgehead atoms. The standard InChI is InChI=1S/C22H24ClFNO4PS/c23-21-13-20(9-7-17(21)6-8-18(25)12-22(24)30(26,27)28)31-11-10-19(15-31)29-14-16-4-2-1-3-5-16/h1-5,7,9-13,15,18,31H,6,8,14,25H2,(H2,26,27,28)/b22-12+. The highest BCUT2D eigenvalue weighted by atomic mass is 35.5. The molecule has 0 aliphatic carbocycles. The van der Waals surface area contributed by atoms with Crippen molar-refractivity contribution in [2.24, 2.45) is 5.73 Å². The van der Waals surface area contributed by atoms with E-state index in [2.05, 4.69) is 10.8 Å². The molecule has 2 aromatic rings. The van der Waals surface area contributed by atoms with E-state index in [9.17, 15) is 8.96 Å². The molecule has 5 nitrogen and oxygen atoms in total. The lowest BCUT2D eigenvalue weighted by molar-refractivity contribution is 0.212. The predicted octanol–water partition coefficient (Wildman–Crippen LogP) is 5.53. The van der Waals surface area contributed by atoms with Crippen molar-refractivity contribution in [3.8, 4) is 0 Å². The molecule has 0 saturated heterocycles. The quantitative estimate of drug-likeness (QED) is 0.278. The first-order valence-corrected chi connectivity index (χ1v) is 13.0. The Balaban J connectivity index is 1.57. The lowest BCUT2D eigenvalue weighted by Crippen LogP contribution is -2.18. The van der Waals surface area contributed by atoms with Gasteiger partial charge >= 0.3 is 7.60 Å². The molecular formula is C22H24ClFNO4PS. The number of halogens is 2. The largest absolute Gasteiger partial charge is 0.488 e. The zero-order chi connectivity index (χ0) is 22.4. The van der Waals surface area contributed by atoms with Crippen LogP contribution in [0.25, 0.3) is 0 Å². The third kappa shape index (κ3) is 7.07. The number of hydrogen-bond acceptors (Lipinski definition) is 3. The molecule has 1 aliphatic heterocycles. The van der Waals surface area contributed by atoms with Crippen molar-refractivity contribution in [2.75, 3.05) is 0 Å². The number of ether oxygens (including phenoxy) is 1. The summed E-state index contributed by atoms with van der Waals surface area (Å²) < 4.78 is 30.1. The van der Waals surface area contributed by atoms with E-state index in [0.29, 0.717) is 24.5 Å². The van der Waals surface area contributed by atoms with Crippen LogP contribution in [-0.4, -0.2) is 15.8 Å². The first kappa shape index (κ1) is 23.8. The first-order chi connectivity index (χ1) is 14.7. The Bertz CT molecular complexity index is 1050. The minimum absolute atomic E-state index is 0.304. The van der Waals surface area contributed by atoms with Gasteiger partial charge in [-0.2, -0.15) is 15.3 Å². The maximum absolute atomic E-state index is 13.3. The summed E-state index contributed by atoms with van der Waals surface area (Å²) in [5, 5.41) is 4.77. The van der Waals surface area contributed by atoms with Gasteiger partial charge in [-0.1, -0.05) is 48.0 Å². The molecule has 4 N–H and O–H groups in total. The van der Waals surface area contributed by atoms with Crippen molar-refractivity contribution in [2.45, 2.75) is 30.4 Å². The Kier molecular flexibility index (Phi) is 8.17. The van der Waals surface area contributed by atoms with Crippen molar-refractivity contribution < 1.29 is 23.5 Å². The van der Waals surface area contributed by atoms with E-state index in [4.69, 9.17) is 31.9 Å². The van der Waals surface area contributed by atoms with Gasteiger partial charge in [0.05, 0.1) is 0 Å². The lowest BCUT2D eigenvalue weighted by Gasteiger charge is -2.14. The van der Waals surface area contributed by atoms with E-state index >= 15 is 0 Å². The van der Waals surface area contributed by atoms with Crippen molar-refractivity contribution in [3.63, 3.8) is 0 Å². The molecule has 0 amide bonds. The summed E-state index contributed by atoms with van der Waals surface area (Å²) >= 11 is 6.43. The van der Waals surface area contributed by atoms with Gasteiger partial charge in [0.1, 0.15) is 12.4 Å². The fourth-order valence-electron chi connectivity index (χ4n) is 2.94.